The lowest BCUT2D eigenvalue weighted by atomic mass is 9.95. The first-order chi connectivity index (χ1) is 7.84. The fourth-order valence-corrected chi connectivity index (χ4v) is 2.79. The minimum atomic E-state index is 0.682. The maximum Gasteiger partial charge on any atom is 0.0960 e. The minimum absolute atomic E-state index is 0.682. The van der Waals surface area contributed by atoms with Gasteiger partial charge in [-0.1, -0.05) is 25.3 Å². The predicted molar refractivity (Wildman–Crippen MR) is 66.6 cm³/mol. The Labute approximate surface area is 96.3 Å². The number of aryl methyl sites for hydroxylation is 1. The fourth-order valence-electron chi connectivity index (χ4n) is 2.79. The molecule has 3 rings (SSSR count). The van der Waals surface area contributed by atoms with E-state index in [1.54, 1.807) is 0 Å². The smallest absolute Gasteiger partial charge is 0.0960 e. The van der Waals surface area contributed by atoms with Gasteiger partial charge in [-0.3, -0.25) is 0 Å². The van der Waals surface area contributed by atoms with Gasteiger partial charge >= 0.3 is 0 Å². The summed E-state index contributed by atoms with van der Waals surface area (Å²) in [5, 5.41) is 0. The summed E-state index contributed by atoms with van der Waals surface area (Å²) in [6.45, 7) is 2.12. The van der Waals surface area contributed by atoms with E-state index in [0.717, 1.165) is 5.52 Å². The second-order valence-electron chi connectivity index (χ2n) is 4.94. The Morgan fingerprint density at radius 1 is 1.19 bits per heavy atom. The van der Waals surface area contributed by atoms with Gasteiger partial charge in [0.25, 0.3) is 0 Å². The molecule has 84 valence electrons. The number of rotatable bonds is 1. The molecule has 1 fully saturated rings. The monoisotopic (exact) mass is 214 g/mol. The van der Waals surface area contributed by atoms with Crippen LogP contribution in [0.25, 0.3) is 11.0 Å². The Morgan fingerprint density at radius 2 is 2.00 bits per heavy atom. The van der Waals surface area contributed by atoms with Crippen molar-refractivity contribution in [2.75, 3.05) is 0 Å². The van der Waals surface area contributed by atoms with Crippen LogP contribution in [0.15, 0.2) is 24.5 Å². The standard InChI is InChI=1S/C14H18N2/c1-11-7-8-14-13(9-11)15-10-16(14)12-5-3-2-4-6-12/h7-10,12H,2-6H2,1H3. The van der Waals surface area contributed by atoms with Gasteiger partial charge in [-0.15, -0.1) is 0 Å². The van der Waals surface area contributed by atoms with Gasteiger partial charge in [0.15, 0.2) is 0 Å². The number of benzene rings is 1. The maximum atomic E-state index is 4.52. The van der Waals surface area contributed by atoms with Gasteiger partial charge in [-0.25, -0.2) is 4.98 Å². The number of hydrogen-bond donors (Lipinski definition) is 0. The third-order valence-corrected chi connectivity index (χ3v) is 3.70. The lowest BCUT2D eigenvalue weighted by Gasteiger charge is -2.23. The Balaban J connectivity index is 2.03. The van der Waals surface area contributed by atoms with Crippen LogP contribution in [-0.4, -0.2) is 9.55 Å². The number of hydrogen-bond acceptors (Lipinski definition) is 1. The molecule has 0 unspecified atom stereocenters. The molecule has 2 aromatic rings. The van der Waals surface area contributed by atoms with E-state index < -0.39 is 0 Å². The zero-order valence-corrected chi connectivity index (χ0v) is 9.82. The molecule has 0 bridgehead atoms. The highest BCUT2D eigenvalue weighted by molar-refractivity contribution is 5.76. The summed E-state index contributed by atoms with van der Waals surface area (Å²) in [5.74, 6) is 0. The molecule has 0 aliphatic heterocycles. The van der Waals surface area contributed by atoms with Crippen molar-refractivity contribution in [1.29, 1.82) is 0 Å². The van der Waals surface area contributed by atoms with E-state index in [4.69, 9.17) is 0 Å². The lowest BCUT2D eigenvalue weighted by molar-refractivity contribution is 0.359. The zero-order chi connectivity index (χ0) is 11.0. The van der Waals surface area contributed by atoms with Crippen LogP contribution in [0.2, 0.25) is 0 Å². The molecule has 0 saturated heterocycles. The third kappa shape index (κ3) is 1.62. The summed E-state index contributed by atoms with van der Waals surface area (Å²) in [4.78, 5) is 4.52. The lowest BCUT2D eigenvalue weighted by Crippen LogP contribution is -2.11. The molecule has 1 aromatic heterocycles. The highest BCUT2D eigenvalue weighted by atomic mass is 15.1. The second kappa shape index (κ2) is 3.93. The first-order valence-electron chi connectivity index (χ1n) is 6.28. The Morgan fingerprint density at radius 3 is 2.81 bits per heavy atom. The van der Waals surface area contributed by atoms with Gasteiger partial charge in [-0.2, -0.15) is 0 Å². The topological polar surface area (TPSA) is 17.8 Å². The average molecular weight is 214 g/mol. The van der Waals surface area contributed by atoms with Crippen molar-refractivity contribution in [3.8, 4) is 0 Å². The van der Waals surface area contributed by atoms with E-state index in [9.17, 15) is 0 Å². The van der Waals surface area contributed by atoms with Gasteiger partial charge in [0.05, 0.1) is 17.4 Å². The number of fused-ring (bicyclic) bond motifs is 1. The first-order valence-corrected chi connectivity index (χ1v) is 6.28. The van der Waals surface area contributed by atoms with Gasteiger partial charge in [0.1, 0.15) is 0 Å². The fraction of sp³-hybridized carbons (Fsp3) is 0.500. The van der Waals surface area contributed by atoms with Gasteiger partial charge in [-0.05, 0) is 37.5 Å². The summed E-state index contributed by atoms with van der Waals surface area (Å²) in [6.07, 6.45) is 8.81. The van der Waals surface area contributed by atoms with Crippen LogP contribution in [0.1, 0.15) is 43.7 Å². The molecule has 2 heteroatoms. The van der Waals surface area contributed by atoms with Crippen molar-refractivity contribution in [3.63, 3.8) is 0 Å². The molecule has 16 heavy (non-hydrogen) atoms. The summed E-state index contributed by atoms with van der Waals surface area (Å²) < 4.78 is 2.38. The van der Waals surface area contributed by atoms with Gasteiger partial charge in [0, 0.05) is 6.04 Å². The summed E-state index contributed by atoms with van der Waals surface area (Å²) in [6, 6.07) is 7.26. The van der Waals surface area contributed by atoms with Crippen LogP contribution in [-0.2, 0) is 0 Å². The molecule has 0 amide bonds. The SMILES string of the molecule is Cc1ccc2c(c1)ncn2C1CCCCC1. The second-order valence-corrected chi connectivity index (χ2v) is 4.94. The molecular weight excluding hydrogens is 196 g/mol. The summed E-state index contributed by atoms with van der Waals surface area (Å²) in [5.41, 5.74) is 3.74. The van der Waals surface area contributed by atoms with Crippen molar-refractivity contribution >= 4 is 11.0 Å². The van der Waals surface area contributed by atoms with Crippen LogP contribution in [0.3, 0.4) is 0 Å². The minimum Gasteiger partial charge on any atom is -0.327 e. The van der Waals surface area contributed by atoms with Crippen molar-refractivity contribution in [3.05, 3.63) is 30.1 Å². The van der Waals surface area contributed by atoms with Crippen LogP contribution < -0.4 is 0 Å². The van der Waals surface area contributed by atoms with E-state index in [1.165, 1.54) is 43.2 Å². The summed E-state index contributed by atoms with van der Waals surface area (Å²) >= 11 is 0. The molecule has 0 radical (unpaired) electrons. The van der Waals surface area contributed by atoms with Gasteiger partial charge in [0.2, 0.25) is 0 Å². The molecule has 0 N–H and O–H groups in total. The Hall–Kier alpha value is -1.31. The van der Waals surface area contributed by atoms with Gasteiger partial charge < -0.3 is 4.57 Å². The molecular formula is C14H18N2. The van der Waals surface area contributed by atoms with Crippen LogP contribution >= 0.6 is 0 Å². The highest BCUT2D eigenvalue weighted by Crippen LogP contribution is 2.30. The van der Waals surface area contributed by atoms with Crippen molar-refractivity contribution in [2.45, 2.75) is 45.1 Å². The predicted octanol–water partition coefficient (Wildman–Crippen LogP) is 3.85. The maximum absolute atomic E-state index is 4.52. The highest BCUT2D eigenvalue weighted by Gasteiger charge is 2.16. The van der Waals surface area contributed by atoms with Crippen molar-refractivity contribution in [1.82, 2.24) is 9.55 Å². The third-order valence-electron chi connectivity index (χ3n) is 3.70. The quantitative estimate of drug-likeness (QED) is 0.705. The molecule has 1 aromatic carbocycles. The average Bonchev–Trinajstić information content (AvgIpc) is 2.73. The molecule has 0 atom stereocenters. The molecule has 1 aliphatic rings. The molecule has 0 spiro atoms. The number of imidazole rings is 1. The number of aromatic nitrogens is 2. The molecule has 1 heterocycles. The zero-order valence-electron chi connectivity index (χ0n) is 9.82. The van der Waals surface area contributed by atoms with Crippen LogP contribution in [0, 0.1) is 6.92 Å². The molecule has 1 saturated carbocycles. The Bertz CT molecular complexity index is 492. The number of nitrogens with zero attached hydrogens (tertiary/aromatic N) is 2. The van der Waals surface area contributed by atoms with E-state index in [1.807, 2.05) is 6.33 Å². The Kier molecular flexibility index (Phi) is 2.43. The van der Waals surface area contributed by atoms with Crippen LogP contribution in [0.5, 0.6) is 0 Å². The van der Waals surface area contributed by atoms with E-state index >= 15 is 0 Å². The van der Waals surface area contributed by atoms with E-state index in [-0.39, 0.29) is 0 Å². The normalized spacial score (nSPS) is 18.1. The largest absolute Gasteiger partial charge is 0.327 e. The van der Waals surface area contributed by atoms with E-state index in [0.29, 0.717) is 6.04 Å². The molecule has 1 aliphatic carbocycles. The van der Waals surface area contributed by atoms with Crippen molar-refractivity contribution in [2.24, 2.45) is 0 Å². The first kappa shape index (κ1) is 9.88. The van der Waals surface area contributed by atoms with E-state index in [2.05, 4.69) is 34.7 Å². The molecule has 2 nitrogen and oxygen atoms in total. The summed E-state index contributed by atoms with van der Waals surface area (Å²) in [7, 11) is 0. The van der Waals surface area contributed by atoms with Crippen molar-refractivity contribution < 1.29 is 0 Å². The van der Waals surface area contributed by atoms with Crippen LogP contribution in [0.4, 0.5) is 0 Å².